The number of esters is 1. The zero-order chi connectivity index (χ0) is 27.5. The first-order valence-electron chi connectivity index (χ1n) is 12.0. The van der Waals surface area contributed by atoms with Crippen LogP contribution < -0.4 is 19.7 Å². The second-order valence-corrected chi connectivity index (χ2v) is 9.68. The van der Waals surface area contributed by atoms with Gasteiger partial charge in [0.2, 0.25) is 0 Å². The number of hydrogen-bond donors (Lipinski definition) is 1. The summed E-state index contributed by atoms with van der Waals surface area (Å²) in [4.78, 5) is 26.2. The fraction of sp³-hybridized carbons (Fsp3) is 0.429. The number of carbonyl (C=O) groups is 2. The number of halogens is 1. The highest BCUT2D eigenvalue weighted by atomic mass is 19.1. The van der Waals surface area contributed by atoms with Gasteiger partial charge in [-0.1, -0.05) is 19.9 Å². The molecule has 0 unspecified atom stereocenters. The van der Waals surface area contributed by atoms with Gasteiger partial charge in [-0.2, -0.15) is 0 Å². The Morgan fingerprint density at radius 2 is 1.81 bits per heavy atom. The van der Waals surface area contributed by atoms with Crippen LogP contribution in [0.1, 0.15) is 40.2 Å². The summed E-state index contributed by atoms with van der Waals surface area (Å²) in [6, 6.07) is 9.00. The van der Waals surface area contributed by atoms with Crippen molar-refractivity contribution in [3.05, 3.63) is 47.5 Å². The van der Waals surface area contributed by atoms with Gasteiger partial charge in [-0.05, 0) is 44.5 Å². The third-order valence-corrected chi connectivity index (χ3v) is 6.23. The van der Waals surface area contributed by atoms with E-state index in [-0.39, 0.29) is 36.6 Å². The fourth-order valence-electron chi connectivity index (χ4n) is 4.27. The summed E-state index contributed by atoms with van der Waals surface area (Å²) in [5, 5.41) is 3.31. The molecule has 9 heteroatoms. The van der Waals surface area contributed by atoms with Gasteiger partial charge in [-0.25, -0.2) is 9.18 Å². The quantitative estimate of drug-likeness (QED) is 0.352. The molecule has 0 fully saturated rings. The summed E-state index contributed by atoms with van der Waals surface area (Å²) < 4.78 is 36.2. The van der Waals surface area contributed by atoms with Crippen molar-refractivity contribution in [2.24, 2.45) is 5.92 Å². The molecule has 200 valence electrons. The van der Waals surface area contributed by atoms with Gasteiger partial charge in [-0.3, -0.25) is 4.79 Å². The van der Waals surface area contributed by atoms with Gasteiger partial charge in [0, 0.05) is 30.2 Å². The maximum atomic E-state index is 14.6. The lowest BCUT2D eigenvalue weighted by molar-refractivity contribution is -0.142. The Balaban J connectivity index is 2.14. The number of likely N-dealkylation sites (N-methyl/N-ethyl adjacent to an activating group) is 1. The molecule has 2 aromatic rings. The van der Waals surface area contributed by atoms with Gasteiger partial charge in [-0.15, -0.1) is 0 Å². The van der Waals surface area contributed by atoms with E-state index < -0.39 is 11.5 Å². The maximum absolute atomic E-state index is 14.6. The van der Waals surface area contributed by atoms with Crippen molar-refractivity contribution < 1.29 is 32.9 Å². The van der Waals surface area contributed by atoms with Crippen molar-refractivity contribution in [3.63, 3.8) is 0 Å². The zero-order valence-electron chi connectivity index (χ0n) is 22.7. The SMILES string of the molecule is COC(=O)COc1ccc(-c2ccc3c(c2CO/C(C)=C(/F)C(C)C)N(C)C(=O)C(C)(C)N3)c(OC)c1. The predicted octanol–water partition coefficient (Wildman–Crippen LogP) is 5.45. The minimum Gasteiger partial charge on any atom is -0.496 e. The Hall–Kier alpha value is -3.75. The van der Waals surface area contributed by atoms with Gasteiger partial charge >= 0.3 is 5.97 Å². The molecule has 0 radical (unpaired) electrons. The Labute approximate surface area is 217 Å². The zero-order valence-corrected chi connectivity index (χ0v) is 22.7. The van der Waals surface area contributed by atoms with Crippen molar-refractivity contribution in [1.82, 2.24) is 0 Å². The van der Waals surface area contributed by atoms with E-state index in [1.165, 1.54) is 14.2 Å². The molecule has 37 heavy (non-hydrogen) atoms. The topological polar surface area (TPSA) is 86.3 Å². The molecule has 0 bridgehead atoms. The average Bonchev–Trinajstić information content (AvgIpc) is 2.87. The van der Waals surface area contributed by atoms with Crippen molar-refractivity contribution in [1.29, 1.82) is 0 Å². The minimum absolute atomic E-state index is 0.0218. The number of rotatable bonds is 9. The van der Waals surface area contributed by atoms with Crippen LogP contribution in [0.5, 0.6) is 11.5 Å². The summed E-state index contributed by atoms with van der Waals surface area (Å²) >= 11 is 0. The second-order valence-electron chi connectivity index (χ2n) is 9.68. The monoisotopic (exact) mass is 514 g/mol. The lowest BCUT2D eigenvalue weighted by Gasteiger charge is -2.39. The molecular formula is C28H35FN2O6. The number of methoxy groups -OCH3 is 2. The molecule has 0 saturated carbocycles. The number of nitrogens with zero attached hydrogens (tertiary/aromatic N) is 1. The Morgan fingerprint density at radius 3 is 2.43 bits per heavy atom. The molecule has 0 spiro atoms. The standard InChI is InChI=1S/C28H35FN2O6/c1-16(2)25(29)17(3)36-14-21-19(11-12-22-26(21)31(6)27(33)28(4,5)30-22)20-10-9-18(13-23(20)34-7)37-15-24(32)35-8/h9-13,16,30H,14-15H2,1-8H3/b25-17+. The molecule has 0 aromatic heterocycles. The first kappa shape index (κ1) is 27.8. The van der Waals surface area contributed by atoms with Crippen LogP contribution in [0.2, 0.25) is 0 Å². The number of allylic oxidation sites excluding steroid dienone is 2. The van der Waals surface area contributed by atoms with E-state index in [0.29, 0.717) is 28.3 Å². The van der Waals surface area contributed by atoms with Crippen LogP contribution in [0.3, 0.4) is 0 Å². The van der Waals surface area contributed by atoms with Crippen LogP contribution in [-0.2, 0) is 25.7 Å². The van der Waals surface area contributed by atoms with Crippen LogP contribution >= 0.6 is 0 Å². The summed E-state index contributed by atoms with van der Waals surface area (Å²) in [6.45, 7) is 8.52. The van der Waals surface area contributed by atoms with E-state index >= 15 is 0 Å². The van der Waals surface area contributed by atoms with Gasteiger partial charge in [0.15, 0.2) is 6.61 Å². The molecule has 1 N–H and O–H groups in total. The Bertz CT molecular complexity index is 1220. The summed E-state index contributed by atoms with van der Waals surface area (Å²) in [6.07, 6.45) is 0. The fourth-order valence-corrected chi connectivity index (χ4v) is 4.27. The Kier molecular flexibility index (Phi) is 8.35. The second kappa shape index (κ2) is 11.1. The molecule has 0 saturated heterocycles. The number of hydrogen-bond acceptors (Lipinski definition) is 7. The smallest absolute Gasteiger partial charge is 0.343 e. The number of nitrogens with one attached hydrogen (secondary N) is 1. The lowest BCUT2D eigenvalue weighted by Crippen LogP contribution is -2.52. The summed E-state index contributed by atoms with van der Waals surface area (Å²) in [5.41, 5.74) is 2.76. The van der Waals surface area contributed by atoms with Crippen LogP contribution in [0.15, 0.2) is 41.9 Å². The molecule has 1 heterocycles. The highest BCUT2D eigenvalue weighted by Gasteiger charge is 2.38. The number of carbonyl (C=O) groups excluding carboxylic acids is 2. The van der Waals surface area contributed by atoms with Crippen molar-refractivity contribution in [2.45, 2.75) is 46.8 Å². The van der Waals surface area contributed by atoms with Crippen LogP contribution in [0.25, 0.3) is 11.1 Å². The Morgan fingerprint density at radius 1 is 1.14 bits per heavy atom. The third kappa shape index (κ3) is 5.81. The molecule has 1 aliphatic rings. The molecular weight excluding hydrogens is 479 g/mol. The van der Waals surface area contributed by atoms with E-state index in [0.717, 1.165) is 11.3 Å². The number of anilines is 2. The number of ether oxygens (including phenoxy) is 4. The van der Waals surface area contributed by atoms with Gasteiger partial charge in [0.1, 0.15) is 35.2 Å². The van der Waals surface area contributed by atoms with Crippen LogP contribution in [0, 0.1) is 5.92 Å². The molecule has 2 aromatic carbocycles. The van der Waals surface area contributed by atoms with E-state index in [4.69, 9.17) is 14.2 Å². The third-order valence-electron chi connectivity index (χ3n) is 6.23. The van der Waals surface area contributed by atoms with Gasteiger partial charge in [0.05, 0.1) is 25.6 Å². The van der Waals surface area contributed by atoms with Crippen LogP contribution in [-0.4, -0.2) is 45.3 Å². The maximum Gasteiger partial charge on any atom is 0.343 e. The van der Waals surface area contributed by atoms with E-state index in [2.05, 4.69) is 10.1 Å². The van der Waals surface area contributed by atoms with Crippen molar-refractivity contribution >= 4 is 23.3 Å². The first-order valence-corrected chi connectivity index (χ1v) is 12.0. The van der Waals surface area contributed by atoms with E-state index in [9.17, 15) is 14.0 Å². The van der Waals surface area contributed by atoms with E-state index in [1.807, 2.05) is 26.0 Å². The lowest BCUT2D eigenvalue weighted by atomic mass is 9.91. The predicted molar refractivity (Wildman–Crippen MR) is 140 cm³/mol. The highest BCUT2D eigenvalue weighted by Crippen LogP contribution is 2.45. The van der Waals surface area contributed by atoms with Gasteiger partial charge < -0.3 is 29.2 Å². The average molecular weight is 515 g/mol. The molecule has 8 nitrogen and oxygen atoms in total. The summed E-state index contributed by atoms with van der Waals surface area (Å²) in [7, 11) is 4.54. The first-order chi connectivity index (χ1) is 17.4. The van der Waals surface area contributed by atoms with Crippen molar-refractivity contribution in [3.8, 4) is 22.6 Å². The highest BCUT2D eigenvalue weighted by molar-refractivity contribution is 6.08. The molecule has 1 aliphatic heterocycles. The van der Waals surface area contributed by atoms with E-state index in [1.54, 1.807) is 50.9 Å². The normalized spacial score (nSPS) is 15.0. The van der Waals surface area contributed by atoms with Gasteiger partial charge in [0.25, 0.3) is 5.91 Å². The molecule has 0 aliphatic carbocycles. The number of amides is 1. The summed E-state index contributed by atoms with van der Waals surface area (Å²) in [5.74, 6) is -0.157. The van der Waals surface area contributed by atoms with Crippen LogP contribution in [0.4, 0.5) is 15.8 Å². The molecule has 1 amide bonds. The minimum atomic E-state index is -0.794. The molecule has 3 rings (SSSR count). The molecule has 0 atom stereocenters. The number of fused-ring (bicyclic) bond motifs is 1. The van der Waals surface area contributed by atoms with Crippen molar-refractivity contribution in [2.75, 3.05) is 38.1 Å². The number of benzene rings is 2. The largest absolute Gasteiger partial charge is 0.496 e.